The molecule has 208 valence electrons. The molecule has 1 unspecified atom stereocenters. The number of fused-ring (bicyclic) bond motifs is 4. The number of benzene rings is 4. The van der Waals surface area contributed by atoms with Crippen LogP contribution in [0.4, 0.5) is 0 Å². The van der Waals surface area contributed by atoms with Gasteiger partial charge >= 0.3 is 37.9 Å². The normalized spacial score (nSPS) is 12.3. The molecule has 0 fully saturated rings. The van der Waals surface area contributed by atoms with Crippen molar-refractivity contribution in [1.29, 1.82) is 0 Å². The Bertz CT molecular complexity index is 1550. The van der Waals surface area contributed by atoms with E-state index in [-0.39, 0.29) is 5.41 Å². The Morgan fingerprint density at radius 1 is 0.878 bits per heavy atom. The van der Waals surface area contributed by atoms with E-state index in [0.29, 0.717) is 5.92 Å². The molecule has 0 aromatic heterocycles. The van der Waals surface area contributed by atoms with Crippen molar-refractivity contribution < 1.29 is 20.8 Å². The van der Waals surface area contributed by atoms with Gasteiger partial charge in [-0.2, -0.15) is 35.5 Å². The van der Waals surface area contributed by atoms with Gasteiger partial charge in [-0.1, -0.05) is 118 Å². The second-order valence-electron chi connectivity index (χ2n) is 11.6. The van der Waals surface area contributed by atoms with Crippen molar-refractivity contribution in [2.45, 2.75) is 65.7 Å². The third kappa shape index (κ3) is 7.40. The van der Waals surface area contributed by atoms with Crippen molar-refractivity contribution >= 4 is 47.7 Å². The molecule has 0 saturated heterocycles. The summed E-state index contributed by atoms with van der Waals surface area (Å²) in [6, 6.07) is 36.6. The monoisotopic (exact) mass is 670 g/mol. The second-order valence-corrected chi connectivity index (χ2v) is 16.6. The summed E-state index contributed by atoms with van der Waals surface area (Å²) in [4.78, 5) is 0. The van der Waals surface area contributed by atoms with Crippen molar-refractivity contribution in [2.24, 2.45) is 0 Å². The Kier molecular flexibility index (Phi) is 11.4. The van der Waals surface area contributed by atoms with E-state index in [1.54, 1.807) is 0 Å². The topological polar surface area (TPSA) is 0 Å². The quantitative estimate of drug-likeness (QED) is 0.129. The molecule has 0 spiro atoms. The molecule has 0 amide bonds. The van der Waals surface area contributed by atoms with Crippen LogP contribution in [0.15, 0.2) is 91.0 Å². The predicted octanol–water partition coefficient (Wildman–Crippen LogP) is 10.1. The SMILES string of the molecule is CCc1ccccc1-c1c(C(C)(C)C)ccc2[cH-]c(C(C)CC)cc12.[Cl][Zr+2][Cl].[c-]1cccc2c1[Si]c1ccccc1-2. The van der Waals surface area contributed by atoms with Crippen LogP contribution in [0, 0.1) is 6.07 Å². The van der Waals surface area contributed by atoms with Crippen LogP contribution in [0.3, 0.4) is 0 Å². The van der Waals surface area contributed by atoms with Crippen LogP contribution >= 0.6 is 17.0 Å². The van der Waals surface area contributed by atoms with E-state index in [2.05, 4.69) is 133 Å². The summed E-state index contributed by atoms with van der Waals surface area (Å²) in [7, 11) is 10.7. The summed E-state index contributed by atoms with van der Waals surface area (Å²) in [5, 5.41) is 5.62. The van der Waals surface area contributed by atoms with Crippen LogP contribution in [0.5, 0.6) is 0 Å². The van der Waals surface area contributed by atoms with Crippen LogP contribution in [0.2, 0.25) is 0 Å². The number of hydrogen-bond acceptors (Lipinski definition) is 0. The molecule has 6 rings (SSSR count). The van der Waals surface area contributed by atoms with Crippen molar-refractivity contribution in [3.63, 3.8) is 0 Å². The Balaban J connectivity index is 0.000000200. The van der Waals surface area contributed by atoms with Gasteiger partial charge in [0.1, 0.15) is 0 Å². The molecule has 1 aliphatic rings. The van der Waals surface area contributed by atoms with Crippen molar-refractivity contribution in [3.05, 3.63) is 114 Å². The fourth-order valence-corrected chi connectivity index (χ4v) is 6.85. The Morgan fingerprint density at radius 2 is 1.54 bits per heavy atom. The number of hydrogen-bond donors (Lipinski definition) is 0. The number of rotatable bonds is 4. The standard InChI is InChI=1S/C25H31.C12H7Si.2ClH.Zr/c1-7-17(3)20-15-19-13-14-23(25(4,5)6)24(22(19)16-20)21-12-10-9-11-18(21)8-2;1-3-7-11-9(5-1)10-6-2-4-8-12(10)13-11;;;/h9-17H,7-8H2,1-6H3;1-7H;2*1H;/q2*-1;;;+4/p-2. The Labute approximate surface area is 268 Å². The minimum absolute atomic E-state index is 0.123. The first-order chi connectivity index (χ1) is 19.7. The fraction of sp³-hybridized carbons (Fsp3) is 0.270. The van der Waals surface area contributed by atoms with Crippen LogP contribution < -0.4 is 10.4 Å². The van der Waals surface area contributed by atoms with Gasteiger partial charge in [-0.25, -0.2) is 0 Å². The minimum atomic E-state index is -0.826. The zero-order valence-corrected chi connectivity index (χ0v) is 29.9. The van der Waals surface area contributed by atoms with Crippen LogP contribution in [0.1, 0.15) is 70.6 Å². The Morgan fingerprint density at radius 3 is 2.22 bits per heavy atom. The van der Waals surface area contributed by atoms with Crippen LogP contribution in [-0.2, 0) is 32.7 Å². The largest absolute Gasteiger partial charge is 0.184 e. The average Bonchev–Trinajstić information content (AvgIpc) is 3.58. The van der Waals surface area contributed by atoms with E-state index in [4.69, 9.17) is 17.0 Å². The second kappa shape index (κ2) is 14.6. The fourth-order valence-electron chi connectivity index (χ4n) is 5.54. The van der Waals surface area contributed by atoms with Crippen LogP contribution in [-0.4, -0.2) is 9.52 Å². The first-order valence-electron chi connectivity index (χ1n) is 14.4. The van der Waals surface area contributed by atoms with Crippen molar-refractivity contribution in [3.8, 4) is 22.3 Å². The molecule has 0 aliphatic carbocycles. The summed E-state index contributed by atoms with van der Waals surface area (Å²) in [5.41, 5.74) is 10.1. The first kappa shape index (κ1) is 32.1. The van der Waals surface area contributed by atoms with E-state index >= 15 is 0 Å². The van der Waals surface area contributed by atoms with Gasteiger partial charge in [0, 0.05) is 0 Å². The molecule has 5 aromatic carbocycles. The first-order valence-corrected chi connectivity index (χ1v) is 21.7. The maximum absolute atomic E-state index is 4.93. The molecular formula is C37H38Cl2SiZr. The van der Waals surface area contributed by atoms with Gasteiger partial charge in [-0.15, -0.1) is 40.1 Å². The molecule has 1 atom stereocenters. The van der Waals surface area contributed by atoms with E-state index in [9.17, 15) is 0 Å². The van der Waals surface area contributed by atoms with E-state index in [0.717, 1.165) is 15.9 Å². The molecule has 4 heteroatoms. The molecular weight excluding hydrogens is 635 g/mol. The molecule has 2 radical (unpaired) electrons. The molecule has 41 heavy (non-hydrogen) atoms. The molecule has 0 N–H and O–H groups in total. The van der Waals surface area contributed by atoms with Gasteiger partial charge in [0.05, 0.1) is 9.52 Å². The predicted molar refractivity (Wildman–Crippen MR) is 179 cm³/mol. The summed E-state index contributed by atoms with van der Waals surface area (Å²) >= 11 is -0.826. The van der Waals surface area contributed by atoms with Gasteiger partial charge < -0.3 is 0 Å². The third-order valence-corrected chi connectivity index (χ3v) is 9.27. The number of halogens is 2. The smallest absolute Gasteiger partial charge is 0.0920 e. The zero-order chi connectivity index (χ0) is 29.6. The van der Waals surface area contributed by atoms with Crippen molar-refractivity contribution in [2.75, 3.05) is 0 Å². The zero-order valence-electron chi connectivity index (χ0n) is 24.9. The molecule has 0 nitrogen and oxygen atoms in total. The maximum Gasteiger partial charge on any atom is 0.0920 e. The maximum atomic E-state index is 4.93. The van der Waals surface area contributed by atoms with Crippen LogP contribution in [0.25, 0.3) is 33.0 Å². The molecule has 0 saturated carbocycles. The molecule has 5 aromatic rings. The molecule has 1 heterocycles. The van der Waals surface area contributed by atoms with Gasteiger partial charge in [-0.05, 0) is 28.9 Å². The minimum Gasteiger partial charge on any atom is -0.184 e. The van der Waals surface area contributed by atoms with Gasteiger partial charge in [0.15, 0.2) is 0 Å². The summed E-state index contributed by atoms with van der Waals surface area (Å²) < 4.78 is 0. The summed E-state index contributed by atoms with van der Waals surface area (Å²) in [6.45, 7) is 13.8. The average molecular weight is 673 g/mol. The van der Waals surface area contributed by atoms with Gasteiger partial charge in [0.25, 0.3) is 0 Å². The third-order valence-electron chi connectivity index (χ3n) is 7.90. The summed E-state index contributed by atoms with van der Waals surface area (Å²) in [6.07, 6.45) is 2.25. The van der Waals surface area contributed by atoms with E-state index < -0.39 is 20.8 Å². The van der Waals surface area contributed by atoms with E-state index in [1.807, 2.05) is 6.07 Å². The molecule has 1 aliphatic heterocycles. The summed E-state index contributed by atoms with van der Waals surface area (Å²) in [5.74, 6) is 0.611. The van der Waals surface area contributed by atoms with Gasteiger partial charge in [0.2, 0.25) is 0 Å². The number of aryl methyl sites for hydroxylation is 1. The molecule has 0 bridgehead atoms. The Hall–Kier alpha value is -1.83. The van der Waals surface area contributed by atoms with E-state index in [1.165, 1.54) is 66.5 Å². The van der Waals surface area contributed by atoms with Crippen molar-refractivity contribution in [1.82, 2.24) is 0 Å². The van der Waals surface area contributed by atoms with Gasteiger partial charge in [-0.3, -0.25) is 0 Å².